The first-order valence-electron chi connectivity index (χ1n) is 4.98. The van der Waals surface area contributed by atoms with E-state index in [0.717, 1.165) is 11.3 Å². The number of benzene rings is 1. The second-order valence-electron chi connectivity index (χ2n) is 3.65. The Kier molecular flexibility index (Phi) is 6.53. The zero-order valence-electron chi connectivity index (χ0n) is 9.49. The average Bonchev–Trinajstić information content (AvgIpc) is 2.17. The zero-order valence-corrected chi connectivity index (χ0v) is 10.3. The minimum Gasteiger partial charge on any atom is -0.336 e. The number of nitrogens with one attached hydrogen (secondary N) is 2. The fourth-order valence-electron chi connectivity index (χ4n) is 1.15. The van der Waals surface area contributed by atoms with Crippen molar-refractivity contribution in [3.8, 4) is 0 Å². The van der Waals surface area contributed by atoms with Gasteiger partial charge in [-0.05, 0) is 31.5 Å². The number of halogens is 1. The van der Waals surface area contributed by atoms with Crippen molar-refractivity contribution >= 4 is 24.1 Å². The smallest absolute Gasteiger partial charge is 0.319 e. The number of hydrogen-bond donors (Lipinski definition) is 3. The SMILES string of the molecule is CC(C)NC(=O)Nc1ccc(CN)cc1.Cl. The van der Waals surface area contributed by atoms with Gasteiger partial charge in [0.1, 0.15) is 0 Å². The third kappa shape index (κ3) is 5.00. The summed E-state index contributed by atoms with van der Waals surface area (Å²) in [6.07, 6.45) is 0. The highest BCUT2D eigenvalue weighted by Crippen LogP contribution is 2.08. The van der Waals surface area contributed by atoms with Crippen LogP contribution in [0.15, 0.2) is 24.3 Å². The van der Waals surface area contributed by atoms with Crippen LogP contribution < -0.4 is 16.4 Å². The van der Waals surface area contributed by atoms with Gasteiger partial charge in [0.25, 0.3) is 0 Å². The van der Waals surface area contributed by atoms with Crippen LogP contribution in [0.2, 0.25) is 0 Å². The lowest BCUT2D eigenvalue weighted by Gasteiger charge is -2.10. The minimum absolute atomic E-state index is 0. The van der Waals surface area contributed by atoms with Gasteiger partial charge in [-0.3, -0.25) is 0 Å². The summed E-state index contributed by atoms with van der Waals surface area (Å²) < 4.78 is 0. The first kappa shape index (κ1) is 14.7. The molecule has 4 nitrogen and oxygen atoms in total. The summed E-state index contributed by atoms with van der Waals surface area (Å²) in [5.41, 5.74) is 7.28. The Balaban J connectivity index is 0.00000225. The number of nitrogens with two attached hydrogens (primary N) is 1. The Bertz CT molecular complexity index is 325. The van der Waals surface area contributed by atoms with Crippen LogP contribution >= 0.6 is 12.4 Å². The topological polar surface area (TPSA) is 67.2 Å². The van der Waals surface area contributed by atoms with Crippen molar-refractivity contribution in [1.29, 1.82) is 0 Å². The van der Waals surface area contributed by atoms with Crippen molar-refractivity contribution in [3.05, 3.63) is 29.8 Å². The molecule has 0 bridgehead atoms. The predicted molar refractivity (Wildman–Crippen MR) is 68.9 cm³/mol. The van der Waals surface area contributed by atoms with Crippen molar-refractivity contribution in [2.75, 3.05) is 5.32 Å². The molecule has 1 rings (SSSR count). The summed E-state index contributed by atoms with van der Waals surface area (Å²) in [7, 11) is 0. The van der Waals surface area contributed by atoms with Gasteiger partial charge in [0.15, 0.2) is 0 Å². The Morgan fingerprint density at radius 1 is 1.31 bits per heavy atom. The summed E-state index contributed by atoms with van der Waals surface area (Å²) in [5.74, 6) is 0. The maximum Gasteiger partial charge on any atom is 0.319 e. The minimum atomic E-state index is -0.189. The van der Waals surface area contributed by atoms with E-state index in [4.69, 9.17) is 5.73 Å². The monoisotopic (exact) mass is 243 g/mol. The lowest BCUT2D eigenvalue weighted by Crippen LogP contribution is -2.34. The number of carbonyl (C=O) groups excluding carboxylic acids is 1. The van der Waals surface area contributed by atoms with Gasteiger partial charge in [-0.2, -0.15) is 0 Å². The van der Waals surface area contributed by atoms with Gasteiger partial charge in [-0.25, -0.2) is 4.79 Å². The summed E-state index contributed by atoms with van der Waals surface area (Å²) in [6.45, 7) is 4.34. The molecule has 0 saturated heterocycles. The molecular weight excluding hydrogens is 226 g/mol. The molecular formula is C11H18ClN3O. The van der Waals surface area contributed by atoms with E-state index in [9.17, 15) is 4.79 Å². The van der Waals surface area contributed by atoms with Crippen LogP contribution in [0.1, 0.15) is 19.4 Å². The molecule has 4 N–H and O–H groups in total. The molecule has 0 unspecified atom stereocenters. The third-order valence-electron chi connectivity index (χ3n) is 1.87. The molecule has 0 atom stereocenters. The van der Waals surface area contributed by atoms with Gasteiger partial charge in [0.2, 0.25) is 0 Å². The maximum atomic E-state index is 11.3. The van der Waals surface area contributed by atoms with Gasteiger partial charge in [-0.15, -0.1) is 12.4 Å². The molecule has 0 saturated carbocycles. The van der Waals surface area contributed by atoms with Crippen molar-refractivity contribution in [3.63, 3.8) is 0 Å². The normalized spacial score (nSPS) is 9.50. The summed E-state index contributed by atoms with van der Waals surface area (Å²) in [4.78, 5) is 11.3. The molecule has 0 aliphatic rings. The fourth-order valence-corrected chi connectivity index (χ4v) is 1.15. The van der Waals surface area contributed by atoms with E-state index >= 15 is 0 Å². The molecule has 16 heavy (non-hydrogen) atoms. The molecule has 0 heterocycles. The van der Waals surface area contributed by atoms with Crippen LogP contribution in [0.3, 0.4) is 0 Å². The van der Waals surface area contributed by atoms with E-state index in [-0.39, 0.29) is 24.5 Å². The Labute approximate surface area is 102 Å². The van der Waals surface area contributed by atoms with E-state index < -0.39 is 0 Å². The first-order valence-corrected chi connectivity index (χ1v) is 4.98. The lowest BCUT2D eigenvalue weighted by atomic mass is 10.2. The van der Waals surface area contributed by atoms with Crippen molar-refractivity contribution in [1.82, 2.24) is 5.32 Å². The van der Waals surface area contributed by atoms with E-state index in [0.29, 0.717) is 6.54 Å². The molecule has 5 heteroatoms. The molecule has 2 amide bonds. The highest BCUT2D eigenvalue weighted by molar-refractivity contribution is 5.89. The van der Waals surface area contributed by atoms with Gasteiger partial charge < -0.3 is 16.4 Å². The van der Waals surface area contributed by atoms with Crippen LogP contribution in [-0.2, 0) is 6.54 Å². The van der Waals surface area contributed by atoms with Crippen molar-refractivity contribution < 1.29 is 4.79 Å². The van der Waals surface area contributed by atoms with Gasteiger partial charge >= 0.3 is 6.03 Å². The predicted octanol–water partition coefficient (Wildman–Crippen LogP) is 2.10. The van der Waals surface area contributed by atoms with Crippen molar-refractivity contribution in [2.24, 2.45) is 5.73 Å². The molecule has 0 aliphatic heterocycles. The quantitative estimate of drug-likeness (QED) is 0.761. The van der Waals surface area contributed by atoms with Gasteiger partial charge in [0, 0.05) is 18.3 Å². The molecule has 0 spiro atoms. The third-order valence-corrected chi connectivity index (χ3v) is 1.87. The van der Waals surface area contributed by atoms with Crippen LogP contribution in [0.4, 0.5) is 10.5 Å². The van der Waals surface area contributed by atoms with Crippen LogP contribution in [0.5, 0.6) is 0 Å². The van der Waals surface area contributed by atoms with Crippen LogP contribution in [-0.4, -0.2) is 12.1 Å². The molecule has 1 aromatic rings. The van der Waals surface area contributed by atoms with Gasteiger partial charge in [0.05, 0.1) is 0 Å². The molecule has 0 fully saturated rings. The molecule has 1 aromatic carbocycles. The molecule has 90 valence electrons. The number of carbonyl (C=O) groups is 1. The van der Waals surface area contributed by atoms with E-state index in [2.05, 4.69) is 10.6 Å². The zero-order chi connectivity index (χ0) is 11.3. The molecule has 0 aliphatic carbocycles. The largest absolute Gasteiger partial charge is 0.336 e. The Hall–Kier alpha value is -1.26. The van der Waals surface area contributed by atoms with Crippen LogP contribution in [0.25, 0.3) is 0 Å². The molecule has 0 radical (unpaired) electrons. The second kappa shape index (κ2) is 7.09. The average molecular weight is 244 g/mol. The molecule has 0 aromatic heterocycles. The standard InChI is InChI=1S/C11H17N3O.ClH/c1-8(2)13-11(15)14-10-5-3-9(7-12)4-6-10;/h3-6,8H,7,12H2,1-2H3,(H2,13,14,15);1H. The maximum absolute atomic E-state index is 11.3. The highest BCUT2D eigenvalue weighted by Gasteiger charge is 2.02. The fraction of sp³-hybridized carbons (Fsp3) is 0.364. The highest BCUT2D eigenvalue weighted by atomic mass is 35.5. The lowest BCUT2D eigenvalue weighted by molar-refractivity contribution is 0.250. The Morgan fingerprint density at radius 3 is 2.31 bits per heavy atom. The van der Waals surface area contributed by atoms with Crippen molar-refractivity contribution in [2.45, 2.75) is 26.4 Å². The number of anilines is 1. The van der Waals surface area contributed by atoms with E-state index in [1.165, 1.54) is 0 Å². The second-order valence-corrected chi connectivity index (χ2v) is 3.65. The summed E-state index contributed by atoms with van der Waals surface area (Å²) in [6, 6.07) is 7.40. The first-order chi connectivity index (χ1) is 7.11. The van der Waals surface area contributed by atoms with E-state index in [1.54, 1.807) is 0 Å². The Morgan fingerprint density at radius 2 is 1.88 bits per heavy atom. The number of amides is 2. The van der Waals surface area contributed by atoms with E-state index in [1.807, 2.05) is 38.1 Å². The number of urea groups is 1. The number of hydrogen-bond acceptors (Lipinski definition) is 2. The number of rotatable bonds is 3. The van der Waals surface area contributed by atoms with Crippen LogP contribution in [0, 0.1) is 0 Å². The van der Waals surface area contributed by atoms with Gasteiger partial charge in [-0.1, -0.05) is 12.1 Å². The summed E-state index contributed by atoms with van der Waals surface area (Å²) in [5, 5.41) is 5.48. The summed E-state index contributed by atoms with van der Waals surface area (Å²) >= 11 is 0.